The van der Waals surface area contributed by atoms with Crippen molar-refractivity contribution in [3.63, 3.8) is 0 Å². The Morgan fingerprint density at radius 1 is 1.17 bits per heavy atom. The molecule has 0 spiro atoms. The lowest BCUT2D eigenvalue weighted by atomic mass is 10.0. The van der Waals surface area contributed by atoms with E-state index in [0.29, 0.717) is 22.3 Å². The maximum atomic E-state index is 13.3. The fourth-order valence-corrected chi connectivity index (χ4v) is 2.90. The van der Waals surface area contributed by atoms with Gasteiger partial charge < -0.3 is 9.64 Å². The molecule has 1 aliphatic heterocycles. The number of nitrogens with zero attached hydrogens (tertiary/aromatic N) is 1. The minimum absolute atomic E-state index is 0.116. The highest BCUT2D eigenvalue weighted by Gasteiger charge is 2.23. The topological polar surface area (TPSA) is 29.5 Å². The largest absolute Gasteiger partial charge is 0.484 e. The van der Waals surface area contributed by atoms with Crippen molar-refractivity contribution in [2.45, 2.75) is 12.8 Å². The number of anilines is 1. The molecular formula is C17H14Cl2FNO2. The molecule has 3 rings (SSSR count). The number of aryl methyl sites for hydroxylation is 1. The quantitative estimate of drug-likeness (QED) is 0.813. The molecule has 0 N–H and O–H groups in total. The number of carbonyl (C=O) groups excluding carboxylic acids is 1. The number of hydrogen-bond acceptors (Lipinski definition) is 2. The summed E-state index contributed by atoms with van der Waals surface area (Å²) in [6.45, 7) is 0.483. The highest BCUT2D eigenvalue weighted by Crippen LogP contribution is 2.29. The van der Waals surface area contributed by atoms with Crippen molar-refractivity contribution in [3.8, 4) is 5.75 Å². The van der Waals surface area contributed by atoms with E-state index in [4.69, 9.17) is 27.9 Å². The van der Waals surface area contributed by atoms with E-state index in [1.54, 1.807) is 29.2 Å². The van der Waals surface area contributed by atoms with E-state index in [1.165, 1.54) is 12.1 Å². The molecule has 0 saturated carbocycles. The van der Waals surface area contributed by atoms with E-state index >= 15 is 0 Å². The number of amides is 1. The molecule has 0 saturated heterocycles. The van der Waals surface area contributed by atoms with Gasteiger partial charge in [0.15, 0.2) is 6.61 Å². The Morgan fingerprint density at radius 3 is 2.78 bits per heavy atom. The molecule has 1 aliphatic rings. The molecule has 2 aromatic carbocycles. The monoisotopic (exact) mass is 353 g/mol. The minimum Gasteiger partial charge on any atom is -0.484 e. The van der Waals surface area contributed by atoms with Crippen LogP contribution in [-0.4, -0.2) is 19.1 Å². The number of rotatable bonds is 3. The van der Waals surface area contributed by atoms with E-state index in [2.05, 4.69) is 0 Å². The van der Waals surface area contributed by atoms with Crippen LogP contribution in [0.3, 0.4) is 0 Å². The lowest BCUT2D eigenvalue weighted by Gasteiger charge is -2.29. The summed E-state index contributed by atoms with van der Waals surface area (Å²) in [5.74, 6) is 0.0119. The highest BCUT2D eigenvalue weighted by atomic mass is 35.5. The van der Waals surface area contributed by atoms with Crippen molar-refractivity contribution < 1.29 is 13.9 Å². The molecule has 1 heterocycles. The normalized spacial score (nSPS) is 13.6. The first-order valence-corrected chi connectivity index (χ1v) is 7.97. The SMILES string of the molecule is O=C(COc1ccc(Cl)c(Cl)c1)N1CCCc2cc(F)ccc21. The van der Waals surface area contributed by atoms with Crippen LogP contribution in [0.5, 0.6) is 5.75 Å². The van der Waals surface area contributed by atoms with Gasteiger partial charge in [0.2, 0.25) is 0 Å². The lowest BCUT2D eigenvalue weighted by molar-refractivity contribution is -0.120. The zero-order chi connectivity index (χ0) is 16.4. The molecule has 0 aliphatic carbocycles. The number of halogens is 3. The molecule has 120 valence electrons. The average molecular weight is 354 g/mol. The van der Waals surface area contributed by atoms with Crippen LogP contribution in [0, 0.1) is 5.82 Å². The first-order valence-electron chi connectivity index (χ1n) is 7.21. The Morgan fingerprint density at radius 2 is 2.00 bits per heavy atom. The van der Waals surface area contributed by atoms with Gasteiger partial charge in [0, 0.05) is 18.3 Å². The summed E-state index contributed by atoms with van der Waals surface area (Å²) in [6.07, 6.45) is 1.57. The third-order valence-electron chi connectivity index (χ3n) is 3.71. The van der Waals surface area contributed by atoms with E-state index < -0.39 is 0 Å². The van der Waals surface area contributed by atoms with Crippen LogP contribution in [0.1, 0.15) is 12.0 Å². The summed E-state index contributed by atoms with van der Waals surface area (Å²) in [6, 6.07) is 9.32. The van der Waals surface area contributed by atoms with E-state index in [9.17, 15) is 9.18 Å². The first-order chi connectivity index (χ1) is 11.0. The molecule has 3 nitrogen and oxygen atoms in total. The van der Waals surface area contributed by atoms with Crippen LogP contribution in [-0.2, 0) is 11.2 Å². The van der Waals surface area contributed by atoms with Crippen LogP contribution in [0.4, 0.5) is 10.1 Å². The fraction of sp³-hybridized carbons (Fsp3) is 0.235. The molecule has 1 amide bonds. The van der Waals surface area contributed by atoms with Crippen LogP contribution in [0.15, 0.2) is 36.4 Å². The Kier molecular flexibility index (Phi) is 4.74. The van der Waals surface area contributed by atoms with Gasteiger partial charge in [-0.1, -0.05) is 23.2 Å². The molecule has 23 heavy (non-hydrogen) atoms. The van der Waals surface area contributed by atoms with Gasteiger partial charge in [-0.2, -0.15) is 0 Å². The average Bonchev–Trinajstić information content (AvgIpc) is 2.54. The summed E-state index contributed by atoms with van der Waals surface area (Å²) in [4.78, 5) is 14.1. The second-order valence-electron chi connectivity index (χ2n) is 5.29. The summed E-state index contributed by atoms with van der Waals surface area (Å²) in [5.41, 5.74) is 1.60. The second-order valence-corrected chi connectivity index (χ2v) is 6.10. The predicted molar refractivity (Wildman–Crippen MR) is 89.0 cm³/mol. The maximum Gasteiger partial charge on any atom is 0.264 e. The van der Waals surface area contributed by atoms with Crippen molar-refractivity contribution in [3.05, 3.63) is 57.8 Å². The van der Waals surface area contributed by atoms with Crippen LogP contribution in [0.2, 0.25) is 10.0 Å². The Balaban J connectivity index is 1.71. The van der Waals surface area contributed by atoms with Gasteiger partial charge >= 0.3 is 0 Å². The molecule has 6 heteroatoms. The van der Waals surface area contributed by atoms with Crippen LogP contribution >= 0.6 is 23.2 Å². The second kappa shape index (κ2) is 6.77. The van der Waals surface area contributed by atoms with Crippen molar-refractivity contribution in [2.75, 3.05) is 18.1 Å². The van der Waals surface area contributed by atoms with Gasteiger partial charge in [-0.15, -0.1) is 0 Å². The summed E-state index contributed by atoms with van der Waals surface area (Å²) in [5, 5.41) is 0.799. The zero-order valence-electron chi connectivity index (χ0n) is 12.2. The number of benzene rings is 2. The summed E-state index contributed by atoms with van der Waals surface area (Å²) >= 11 is 11.8. The molecule has 0 aromatic heterocycles. The third-order valence-corrected chi connectivity index (χ3v) is 4.45. The Bertz CT molecular complexity index is 751. The first kappa shape index (κ1) is 16.1. The Labute approximate surface area is 143 Å². The van der Waals surface area contributed by atoms with Crippen LogP contribution < -0.4 is 9.64 Å². The van der Waals surface area contributed by atoms with E-state index in [-0.39, 0.29) is 18.3 Å². The predicted octanol–water partition coefficient (Wildman–Crippen LogP) is 4.49. The third kappa shape index (κ3) is 3.59. The fourth-order valence-electron chi connectivity index (χ4n) is 2.61. The summed E-state index contributed by atoms with van der Waals surface area (Å²) < 4.78 is 18.8. The summed E-state index contributed by atoms with van der Waals surface area (Å²) in [7, 11) is 0. The lowest BCUT2D eigenvalue weighted by Crippen LogP contribution is -2.38. The van der Waals surface area contributed by atoms with Crippen molar-refractivity contribution >= 4 is 34.8 Å². The van der Waals surface area contributed by atoms with Gasteiger partial charge in [0.25, 0.3) is 5.91 Å². The molecule has 2 aromatic rings. The number of carbonyl (C=O) groups is 1. The molecule has 0 fully saturated rings. The number of ether oxygens (including phenoxy) is 1. The number of fused-ring (bicyclic) bond motifs is 1. The maximum absolute atomic E-state index is 13.3. The van der Waals surface area contributed by atoms with Crippen molar-refractivity contribution in [2.24, 2.45) is 0 Å². The zero-order valence-corrected chi connectivity index (χ0v) is 13.7. The molecule has 0 radical (unpaired) electrons. The molecular weight excluding hydrogens is 340 g/mol. The number of hydrogen-bond donors (Lipinski definition) is 0. The van der Waals surface area contributed by atoms with E-state index in [0.717, 1.165) is 24.1 Å². The van der Waals surface area contributed by atoms with Gasteiger partial charge in [-0.05, 0) is 48.7 Å². The van der Waals surface area contributed by atoms with Crippen LogP contribution in [0.25, 0.3) is 0 Å². The minimum atomic E-state index is -0.287. The van der Waals surface area contributed by atoms with Crippen molar-refractivity contribution in [1.29, 1.82) is 0 Å². The standard InChI is InChI=1S/C17H14Cl2FNO2/c18-14-5-4-13(9-15(14)19)23-10-17(22)21-7-1-2-11-8-12(20)3-6-16(11)21/h3-6,8-9H,1-2,7,10H2. The van der Waals surface area contributed by atoms with Gasteiger partial charge in [-0.25, -0.2) is 4.39 Å². The van der Waals surface area contributed by atoms with Gasteiger partial charge in [0.1, 0.15) is 11.6 Å². The van der Waals surface area contributed by atoms with Gasteiger partial charge in [-0.3, -0.25) is 4.79 Å². The molecule has 0 unspecified atom stereocenters. The smallest absolute Gasteiger partial charge is 0.264 e. The Hall–Kier alpha value is -1.78. The molecule has 0 bridgehead atoms. The van der Waals surface area contributed by atoms with Gasteiger partial charge in [0.05, 0.1) is 10.0 Å². The highest BCUT2D eigenvalue weighted by molar-refractivity contribution is 6.42. The van der Waals surface area contributed by atoms with E-state index in [1.807, 2.05) is 0 Å². The van der Waals surface area contributed by atoms with Crippen molar-refractivity contribution in [1.82, 2.24) is 0 Å². The molecule has 0 atom stereocenters.